The van der Waals surface area contributed by atoms with Gasteiger partial charge in [0.1, 0.15) is 6.04 Å². The van der Waals surface area contributed by atoms with E-state index in [1.54, 1.807) is 0 Å². The van der Waals surface area contributed by atoms with E-state index in [0.29, 0.717) is 19.4 Å². The number of carbonyl (C=O) groups is 1. The number of hydrogen-bond acceptors (Lipinski definition) is 3. The molecule has 1 amide bonds. The van der Waals surface area contributed by atoms with E-state index in [2.05, 4.69) is 10.6 Å². The van der Waals surface area contributed by atoms with Crippen molar-refractivity contribution < 1.29 is 4.79 Å². The molecular weight excluding hydrogens is 202 g/mol. The van der Waals surface area contributed by atoms with Crippen LogP contribution >= 0.6 is 0 Å². The Morgan fingerprint density at radius 3 is 3.12 bits per heavy atom. The summed E-state index contributed by atoms with van der Waals surface area (Å²) in [4.78, 5) is 11.7. The van der Waals surface area contributed by atoms with Gasteiger partial charge in [-0.15, -0.1) is 0 Å². The summed E-state index contributed by atoms with van der Waals surface area (Å²) in [5.74, 6) is -0.0357. The fourth-order valence-corrected chi connectivity index (χ4v) is 1.82. The van der Waals surface area contributed by atoms with Crippen molar-refractivity contribution in [1.82, 2.24) is 5.32 Å². The molecule has 1 atom stereocenters. The fraction of sp³-hybridized carbons (Fsp3) is 0.333. The molecule has 0 saturated carbocycles. The molecule has 4 heteroatoms. The highest BCUT2D eigenvalue weighted by Gasteiger charge is 2.25. The molecule has 0 radical (unpaired) electrons. The minimum Gasteiger partial charge on any atom is -0.373 e. The van der Waals surface area contributed by atoms with E-state index in [9.17, 15) is 4.79 Å². The Morgan fingerprint density at radius 2 is 2.38 bits per heavy atom. The summed E-state index contributed by atoms with van der Waals surface area (Å²) in [7, 11) is 0. The molecule has 0 saturated heterocycles. The summed E-state index contributed by atoms with van der Waals surface area (Å²) in [5.41, 5.74) is 2.20. The average molecular weight is 215 g/mol. The van der Waals surface area contributed by atoms with E-state index in [1.807, 2.05) is 30.3 Å². The molecule has 0 bridgehead atoms. The molecule has 1 heterocycles. The molecule has 1 aliphatic rings. The normalized spacial score (nSPS) is 17.1. The van der Waals surface area contributed by atoms with Crippen molar-refractivity contribution in [3.63, 3.8) is 0 Å². The summed E-state index contributed by atoms with van der Waals surface area (Å²) in [6.45, 7) is 0.420. The number of nitrogens with zero attached hydrogens (tertiary/aromatic N) is 1. The number of nitrogens with one attached hydrogen (secondary N) is 2. The first kappa shape index (κ1) is 10.5. The number of rotatable bonds is 3. The van der Waals surface area contributed by atoms with Crippen LogP contribution in [0.15, 0.2) is 24.3 Å². The molecule has 2 N–H and O–H groups in total. The number of anilines is 1. The van der Waals surface area contributed by atoms with Crippen LogP contribution in [-0.4, -0.2) is 18.5 Å². The quantitative estimate of drug-likeness (QED) is 0.741. The molecule has 1 aliphatic heterocycles. The van der Waals surface area contributed by atoms with E-state index < -0.39 is 0 Å². The van der Waals surface area contributed by atoms with Crippen molar-refractivity contribution in [3.8, 4) is 6.07 Å². The maximum atomic E-state index is 11.7. The number of carbonyl (C=O) groups excluding carboxylic acids is 1. The third-order valence-electron chi connectivity index (χ3n) is 2.62. The molecule has 0 aliphatic carbocycles. The zero-order valence-corrected chi connectivity index (χ0v) is 8.86. The van der Waals surface area contributed by atoms with Crippen LogP contribution in [-0.2, 0) is 11.2 Å². The molecule has 82 valence electrons. The Bertz CT molecular complexity index is 411. The molecule has 0 spiro atoms. The molecule has 0 fully saturated rings. The monoisotopic (exact) mass is 215 g/mol. The van der Waals surface area contributed by atoms with Crippen molar-refractivity contribution in [2.75, 3.05) is 11.9 Å². The molecule has 0 aromatic heterocycles. The lowest BCUT2D eigenvalue weighted by atomic mass is 10.1. The van der Waals surface area contributed by atoms with E-state index in [-0.39, 0.29) is 11.9 Å². The Balaban J connectivity index is 1.91. The number of nitriles is 1. The molecule has 4 nitrogen and oxygen atoms in total. The Kier molecular flexibility index (Phi) is 3.06. The summed E-state index contributed by atoms with van der Waals surface area (Å²) >= 11 is 0. The minimum atomic E-state index is -0.198. The summed E-state index contributed by atoms with van der Waals surface area (Å²) in [5, 5.41) is 14.3. The van der Waals surface area contributed by atoms with Gasteiger partial charge in [0, 0.05) is 18.7 Å². The van der Waals surface area contributed by atoms with Crippen LogP contribution in [0.1, 0.15) is 12.0 Å². The second-order valence-electron chi connectivity index (χ2n) is 3.76. The van der Waals surface area contributed by atoms with E-state index in [0.717, 1.165) is 5.69 Å². The lowest BCUT2D eigenvalue weighted by Crippen LogP contribution is -2.38. The van der Waals surface area contributed by atoms with Crippen molar-refractivity contribution >= 4 is 11.6 Å². The van der Waals surface area contributed by atoms with Crippen molar-refractivity contribution in [3.05, 3.63) is 29.8 Å². The summed E-state index contributed by atoms with van der Waals surface area (Å²) in [6, 6.07) is 9.70. The molecule has 16 heavy (non-hydrogen) atoms. The van der Waals surface area contributed by atoms with Gasteiger partial charge in [-0.1, -0.05) is 18.2 Å². The number of benzene rings is 1. The lowest BCUT2D eigenvalue weighted by Gasteiger charge is -2.10. The van der Waals surface area contributed by atoms with Crippen LogP contribution in [0.4, 0.5) is 5.69 Å². The predicted molar refractivity (Wildman–Crippen MR) is 60.8 cm³/mol. The van der Waals surface area contributed by atoms with Gasteiger partial charge in [-0.25, -0.2) is 0 Å². The number of para-hydroxylation sites is 1. The van der Waals surface area contributed by atoms with Gasteiger partial charge in [0.05, 0.1) is 12.5 Å². The van der Waals surface area contributed by atoms with E-state index in [4.69, 9.17) is 5.26 Å². The first-order valence-electron chi connectivity index (χ1n) is 5.30. The van der Waals surface area contributed by atoms with Crippen LogP contribution in [0.25, 0.3) is 0 Å². The van der Waals surface area contributed by atoms with Crippen LogP contribution < -0.4 is 10.6 Å². The van der Waals surface area contributed by atoms with E-state index >= 15 is 0 Å². The third-order valence-corrected chi connectivity index (χ3v) is 2.62. The maximum Gasteiger partial charge on any atom is 0.242 e. The van der Waals surface area contributed by atoms with E-state index in [1.165, 1.54) is 5.56 Å². The highest BCUT2D eigenvalue weighted by molar-refractivity contribution is 5.87. The second-order valence-corrected chi connectivity index (χ2v) is 3.76. The summed E-state index contributed by atoms with van der Waals surface area (Å²) < 4.78 is 0. The maximum absolute atomic E-state index is 11.7. The van der Waals surface area contributed by atoms with Crippen molar-refractivity contribution in [1.29, 1.82) is 5.26 Å². The zero-order chi connectivity index (χ0) is 11.4. The number of amides is 1. The van der Waals surface area contributed by atoms with Gasteiger partial charge in [0.2, 0.25) is 5.91 Å². The average Bonchev–Trinajstić information content (AvgIpc) is 2.73. The Morgan fingerprint density at radius 1 is 1.56 bits per heavy atom. The minimum absolute atomic E-state index is 0.0357. The lowest BCUT2D eigenvalue weighted by molar-refractivity contribution is -0.121. The smallest absolute Gasteiger partial charge is 0.242 e. The first-order chi connectivity index (χ1) is 7.81. The third kappa shape index (κ3) is 2.14. The largest absolute Gasteiger partial charge is 0.373 e. The highest BCUT2D eigenvalue weighted by atomic mass is 16.2. The summed E-state index contributed by atoms with van der Waals surface area (Å²) in [6.07, 6.45) is 1.07. The van der Waals surface area contributed by atoms with Crippen LogP contribution in [0.3, 0.4) is 0 Å². The first-order valence-corrected chi connectivity index (χ1v) is 5.30. The SMILES string of the molecule is N#CCCNC(=O)[C@@H]1Cc2ccccc2N1. The van der Waals surface area contributed by atoms with Gasteiger partial charge in [0.15, 0.2) is 0 Å². The van der Waals surface area contributed by atoms with Crippen LogP contribution in [0, 0.1) is 11.3 Å². The predicted octanol–water partition coefficient (Wildman–Crippen LogP) is 1.05. The molecule has 0 unspecified atom stereocenters. The fourth-order valence-electron chi connectivity index (χ4n) is 1.82. The van der Waals surface area contributed by atoms with Gasteiger partial charge in [-0.05, 0) is 11.6 Å². The van der Waals surface area contributed by atoms with Gasteiger partial charge in [0.25, 0.3) is 0 Å². The van der Waals surface area contributed by atoms with Crippen LogP contribution in [0.5, 0.6) is 0 Å². The van der Waals surface area contributed by atoms with Crippen LogP contribution in [0.2, 0.25) is 0 Å². The molecule has 1 aromatic carbocycles. The van der Waals surface area contributed by atoms with Crippen molar-refractivity contribution in [2.24, 2.45) is 0 Å². The highest BCUT2D eigenvalue weighted by Crippen LogP contribution is 2.24. The Labute approximate surface area is 94.3 Å². The molecular formula is C12H13N3O. The standard InChI is InChI=1S/C12H13N3O/c13-6-3-7-14-12(16)11-8-9-4-1-2-5-10(9)15-11/h1-2,4-5,11,15H,3,7-8H2,(H,14,16)/t11-/m0/s1. The van der Waals surface area contributed by atoms with Gasteiger partial charge >= 0.3 is 0 Å². The Hall–Kier alpha value is -2.02. The van der Waals surface area contributed by atoms with Gasteiger partial charge in [-0.2, -0.15) is 5.26 Å². The molecule has 1 aromatic rings. The second kappa shape index (κ2) is 4.67. The number of fused-ring (bicyclic) bond motifs is 1. The number of hydrogen-bond donors (Lipinski definition) is 2. The molecule has 2 rings (SSSR count). The van der Waals surface area contributed by atoms with Gasteiger partial charge in [-0.3, -0.25) is 4.79 Å². The van der Waals surface area contributed by atoms with Gasteiger partial charge < -0.3 is 10.6 Å². The topological polar surface area (TPSA) is 64.9 Å². The zero-order valence-electron chi connectivity index (χ0n) is 8.86. The van der Waals surface area contributed by atoms with Crippen molar-refractivity contribution in [2.45, 2.75) is 18.9 Å².